The second-order valence-corrected chi connectivity index (χ2v) is 15.5. The third kappa shape index (κ3) is 6.55. The van der Waals surface area contributed by atoms with Crippen LogP contribution in [0.1, 0.15) is 108 Å². The van der Waals surface area contributed by atoms with Crippen LogP contribution in [-0.4, -0.2) is 29.8 Å². The molecule has 45 heavy (non-hydrogen) atoms. The Morgan fingerprint density at radius 1 is 0.822 bits per heavy atom. The maximum Gasteiger partial charge on any atom is 0.294 e. The number of unbranched alkanes of at least 4 members (excludes halogenated alkanes) is 5. The van der Waals surface area contributed by atoms with Crippen molar-refractivity contribution in [2.45, 2.75) is 116 Å². The lowest BCUT2D eigenvalue weighted by molar-refractivity contribution is -0.440. The molecule has 3 aromatic rings. The topological polar surface area (TPSA) is 60.6 Å². The van der Waals surface area contributed by atoms with Crippen molar-refractivity contribution in [3.05, 3.63) is 94.7 Å². The molecular weight excluding hydrogens is 577 g/mol. The molecule has 5 nitrogen and oxygen atoms in total. The van der Waals surface area contributed by atoms with Crippen molar-refractivity contribution < 1.29 is 17.5 Å². The van der Waals surface area contributed by atoms with Crippen molar-refractivity contribution in [2.24, 2.45) is 0 Å². The van der Waals surface area contributed by atoms with Gasteiger partial charge < -0.3 is 4.90 Å². The smallest absolute Gasteiger partial charge is 0.294 e. The van der Waals surface area contributed by atoms with Crippen molar-refractivity contribution in [1.29, 1.82) is 0 Å². The fourth-order valence-electron chi connectivity index (χ4n) is 7.41. The van der Waals surface area contributed by atoms with Gasteiger partial charge in [0.05, 0.1) is 16.0 Å². The summed E-state index contributed by atoms with van der Waals surface area (Å²) in [6.45, 7) is 16.7. The summed E-state index contributed by atoms with van der Waals surface area (Å²) in [5, 5.41) is 0. The van der Waals surface area contributed by atoms with Gasteiger partial charge in [-0.05, 0) is 101 Å². The van der Waals surface area contributed by atoms with Gasteiger partial charge in [-0.2, -0.15) is 13.0 Å². The summed E-state index contributed by atoms with van der Waals surface area (Å²) in [6.07, 6.45) is 11.5. The molecule has 5 rings (SSSR count). The van der Waals surface area contributed by atoms with E-state index >= 15 is 0 Å². The number of benzene rings is 3. The lowest BCUT2D eigenvalue weighted by atomic mass is 9.79. The second-order valence-electron chi connectivity index (χ2n) is 14.1. The average Bonchev–Trinajstić information content (AvgIpc) is 3.32. The quantitative estimate of drug-likeness (QED) is 0.123. The van der Waals surface area contributed by atoms with Crippen LogP contribution in [0.25, 0.3) is 0 Å². The molecular formula is C39H51N2O3S+. The summed E-state index contributed by atoms with van der Waals surface area (Å²) in [7, 11) is -4.30. The molecule has 0 aromatic heterocycles. The van der Waals surface area contributed by atoms with E-state index in [1.54, 1.807) is 11.8 Å². The Hall–Kier alpha value is -3.22. The van der Waals surface area contributed by atoms with E-state index in [-0.39, 0.29) is 10.3 Å². The van der Waals surface area contributed by atoms with Crippen LogP contribution in [0.15, 0.2) is 77.3 Å². The fraction of sp³-hybridized carbons (Fsp3) is 0.462. The highest BCUT2D eigenvalue weighted by Crippen LogP contribution is 2.52. The molecule has 0 saturated carbocycles. The monoisotopic (exact) mass is 627 g/mol. The first kappa shape index (κ1) is 33.2. The number of hydrogen-bond donors (Lipinski definition) is 1. The Bertz CT molecular complexity index is 1750. The highest BCUT2D eigenvalue weighted by molar-refractivity contribution is 7.85. The van der Waals surface area contributed by atoms with Gasteiger partial charge >= 0.3 is 0 Å². The molecule has 6 heteroatoms. The van der Waals surface area contributed by atoms with E-state index in [4.69, 9.17) is 0 Å². The van der Waals surface area contributed by atoms with Gasteiger partial charge in [0.25, 0.3) is 10.1 Å². The number of anilines is 2. The van der Waals surface area contributed by atoms with Gasteiger partial charge in [0.15, 0.2) is 5.71 Å². The van der Waals surface area contributed by atoms with Crippen LogP contribution in [0.3, 0.4) is 0 Å². The van der Waals surface area contributed by atoms with Crippen LogP contribution < -0.4 is 4.90 Å². The van der Waals surface area contributed by atoms with E-state index in [1.807, 2.05) is 6.07 Å². The molecule has 1 N–H and O–H groups in total. The van der Waals surface area contributed by atoms with Gasteiger partial charge in [-0.1, -0.05) is 63.5 Å². The van der Waals surface area contributed by atoms with Crippen molar-refractivity contribution in [3.8, 4) is 0 Å². The predicted octanol–water partition coefficient (Wildman–Crippen LogP) is 10.1. The van der Waals surface area contributed by atoms with Crippen LogP contribution in [0, 0.1) is 13.8 Å². The molecule has 0 spiro atoms. The summed E-state index contributed by atoms with van der Waals surface area (Å²) in [4.78, 5) is 2.20. The SMILES string of the molecule is CCCCCC[N+]1=C(CCCCC=C2N(c3cccc(C)c3)c3ccc(S(=O)(=O)O)cc3C2(C)C)C(C)(C)c2cc(C)ccc21. The maximum atomic E-state index is 12.0. The van der Waals surface area contributed by atoms with Gasteiger partial charge in [0.1, 0.15) is 6.54 Å². The van der Waals surface area contributed by atoms with Crippen LogP contribution in [0.5, 0.6) is 0 Å². The van der Waals surface area contributed by atoms with Gasteiger partial charge in [-0.3, -0.25) is 4.55 Å². The zero-order valence-corrected chi connectivity index (χ0v) is 29.1. The molecule has 2 aliphatic heterocycles. The number of aryl methyl sites for hydroxylation is 2. The number of rotatable bonds is 12. The summed E-state index contributed by atoms with van der Waals surface area (Å²) in [5.74, 6) is 0. The Morgan fingerprint density at radius 3 is 2.29 bits per heavy atom. The summed E-state index contributed by atoms with van der Waals surface area (Å²) in [6, 6.07) is 20.4. The first-order valence-electron chi connectivity index (χ1n) is 16.7. The maximum absolute atomic E-state index is 12.0. The number of nitrogens with zero attached hydrogens (tertiary/aromatic N) is 2. The Labute approximate surface area is 271 Å². The molecule has 0 fully saturated rings. The summed E-state index contributed by atoms with van der Waals surface area (Å²) < 4.78 is 36.5. The minimum absolute atomic E-state index is 0.0202. The van der Waals surface area contributed by atoms with Gasteiger partial charge in [0.2, 0.25) is 5.69 Å². The summed E-state index contributed by atoms with van der Waals surface area (Å²) in [5.41, 5.74) is 10.5. The molecule has 3 aromatic carbocycles. The highest BCUT2D eigenvalue weighted by Gasteiger charge is 2.45. The van der Waals surface area contributed by atoms with Crippen LogP contribution in [0.2, 0.25) is 0 Å². The molecule has 0 radical (unpaired) electrons. The van der Waals surface area contributed by atoms with Crippen molar-refractivity contribution >= 4 is 32.9 Å². The molecule has 0 atom stereocenters. The first-order valence-corrected chi connectivity index (χ1v) is 18.1. The van der Waals surface area contributed by atoms with Crippen molar-refractivity contribution in [3.63, 3.8) is 0 Å². The molecule has 2 aliphatic rings. The fourth-order valence-corrected chi connectivity index (χ4v) is 7.92. The Kier molecular flexibility index (Phi) is 9.49. The Balaban J connectivity index is 1.39. The molecule has 0 amide bonds. The third-order valence-corrected chi connectivity index (χ3v) is 10.8. The number of allylic oxidation sites excluding steroid dienone is 2. The van der Waals surface area contributed by atoms with Gasteiger partial charge in [0, 0.05) is 41.3 Å². The largest absolute Gasteiger partial charge is 0.313 e. The van der Waals surface area contributed by atoms with Gasteiger partial charge in [-0.15, -0.1) is 0 Å². The molecule has 0 bridgehead atoms. The third-order valence-electron chi connectivity index (χ3n) is 9.93. The molecule has 240 valence electrons. The van der Waals surface area contributed by atoms with E-state index in [1.165, 1.54) is 54.1 Å². The molecule has 0 aliphatic carbocycles. The zero-order chi connectivity index (χ0) is 32.6. The molecule has 0 saturated heterocycles. The average molecular weight is 628 g/mol. The van der Waals surface area contributed by atoms with Gasteiger partial charge in [-0.25, -0.2) is 0 Å². The number of fused-ring (bicyclic) bond motifs is 2. The zero-order valence-electron chi connectivity index (χ0n) is 28.3. The van der Waals surface area contributed by atoms with E-state index < -0.39 is 15.5 Å². The van der Waals surface area contributed by atoms with Crippen LogP contribution in [-0.2, 0) is 20.9 Å². The molecule has 0 unspecified atom stereocenters. The van der Waals surface area contributed by atoms with Crippen LogP contribution in [0.4, 0.5) is 17.1 Å². The summed E-state index contributed by atoms with van der Waals surface area (Å²) >= 11 is 0. The first-order chi connectivity index (χ1) is 21.3. The molecule has 2 heterocycles. The van der Waals surface area contributed by atoms with Crippen molar-refractivity contribution in [1.82, 2.24) is 0 Å². The predicted molar refractivity (Wildman–Crippen MR) is 187 cm³/mol. The van der Waals surface area contributed by atoms with Crippen molar-refractivity contribution in [2.75, 3.05) is 11.4 Å². The lowest BCUT2D eigenvalue weighted by Crippen LogP contribution is -2.29. The second kappa shape index (κ2) is 12.9. The number of hydrogen-bond acceptors (Lipinski definition) is 3. The van der Waals surface area contributed by atoms with E-state index in [9.17, 15) is 13.0 Å². The normalized spacial score (nSPS) is 17.7. The van der Waals surface area contributed by atoms with Crippen LogP contribution >= 0.6 is 0 Å². The minimum Gasteiger partial charge on any atom is -0.313 e. The van der Waals surface area contributed by atoms with E-state index in [0.29, 0.717) is 0 Å². The van der Waals surface area contributed by atoms with E-state index in [2.05, 4.69) is 106 Å². The van der Waals surface area contributed by atoms with E-state index in [0.717, 1.165) is 54.9 Å². The standard InChI is InChI=1S/C39H50N2O3S/c1-8-9-10-14-24-40-34-22-20-29(3)26-32(34)38(4,5)36(40)18-12-11-13-19-37-39(6,7)33-27-31(45(42,43)44)21-23-35(33)41(37)30-17-15-16-28(2)25-30/h15-17,19-23,25-27H,8-14,18,24H2,1-7H3/p+1. The minimum atomic E-state index is -4.30. The highest BCUT2D eigenvalue weighted by atomic mass is 32.2. The lowest BCUT2D eigenvalue weighted by Gasteiger charge is -2.28. The Morgan fingerprint density at radius 2 is 1.58 bits per heavy atom.